The van der Waals surface area contributed by atoms with Crippen LogP contribution in [0.5, 0.6) is 0 Å². The van der Waals surface area contributed by atoms with E-state index in [0.717, 1.165) is 32.8 Å². The highest BCUT2D eigenvalue weighted by Crippen LogP contribution is 2.28. The molecule has 2 aromatic carbocycles. The number of methoxy groups -OCH3 is 1. The molecule has 0 unspecified atom stereocenters. The number of hydrogen-bond donors (Lipinski definition) is 1. The van der Waals surface area contributed by atoms with E-state index in [1.54, 1.807) is 30.3 Å². The lowest BCUT2D eigenvalue weighted by atomic mass is 9.98. The van der Waals surface area contributed by atoms with Crippen LogP contribution in [0, 0.1) is 11.6 Å². The summed E-state index contributed by atoms with van der Waals surface area (Å²) < 4.78 is 33.8. The van der Waals surface area contributed by atoms with E-state index < -0.39 is 17.6 Å². The van der Waals surface area contributed by atoms with Crippen molar-refractivity contribution in [2.75, 3.05) is 45.2 Å². The van der Waals surface area contributed by atoms with Crippen LogP contribution < -0.4 is 5.32 Å². The third-order valence-electron chi connectivity index (χ3n) is 6.50. The third kappa shape index (κ3) is 6.23. The summed E-state index contributed by atoms with van der Waals surface area (Å²) in [5.41, 5.74) is 1.23. The summed E-state index contributed by atoms with van der Waals surface area (Å²) in [6, 6.07) is 12.0. The summed E-state index contributed by atoms with van der Waals surface area (Å²) in [6.45, 7) is 6.03. The van der Waals surface area contributed by atoms with Crippen LogP contribution in [0.4, 0.5) is 14.6 Å². The van der Waals surface area contributed by atoms with Crippen molar-refractivity contribution in [2.24, 2.45) is 0 Å². The molecule has 2 heterocycles. The molecular weight excluding hydrogens is 490 g/mol. The third-order valence-corrected chi connectivity index (χ3v) is 6.50. The average molecular weight is 521 g/mol. The molecule has 0 spiro atoms. The highest BCUT2D eigenvalue weighted by molar-refractivity contribution is 5.97. The van der Waals surface area contributed by atoms with Gasteiger partial charge in [-0.15, -0.1) is 0 Å². The molecule has 1 amide bonds. The number of allylic oxidation sites excluding steroid dienone is 1. The normalized spacial score (nSPS) is 14.1. The van der Waals surface area contributed by atoms with Crippen LogP contribution in [-0.4, -0.2) is 66.5 Å². The Bertz CT molecular complexity index is 1320. The molecule has 198 valence electrons. The lowest BCUT2D eigenvalue weighted by Crippen LogP contribution is -2.48. The van der Waals surface area contributed by atoms with E-state index in [9.17, 15) is 18.4 Å². The predicted octanol–water partition coefficient (Wildman–Crippen LogP) is 4.76. The highest BCUT2D eigenvalue weighted by Gasteiger charge is 2.22. The number of hydrogen-bond acceptors (Lipinski definition) is 6. The maximum Gasteiger partial charge on any atom is 0.341 e. The van der Waals surface area contributed by atoms with Gasteiger partial charge in [0.05, 0.1) is 12.7 Å². The van der Waals surface area contributed by atoms with E-state index in [0.29, 0.717) is 35.6 Å². The van der Waals surface area contributed by atoms with Gasteiger partial charge in [0.2, 0.25) is 0 Å². The Kier molecular flexibility index (Phi) is 8.81. The number of carbonyl (C=O) groups is 2. The molecule has 7 nitrogen and oxygen atoms in total. The number of carbonyl (C=O) groups excluding carboxylic acids is 2. The van der Waals surface area contributed by atoms with Crippen molar-refractivity contribution in [3.05, 3.63) is 95.2 Å². The first-order valence-electron chi connectivity index (χ1n) is 12.4. The van der Waals surface area contributed by atoms with Crippen molar-refractivity contribution in [1.29, 1.82) is 0 Å². The van der Waals surface area contributed by atoms with Gasteiger partial charge in [-0.1, -0.05) is 36.4 Å². The van der Waals surface area contributed by atoms with Crippen LogP contribution in [0.1, 0.15) is 33.2 Å². The van der Waals surface area contributed by atoms with Crippen molar-refractivity contribution < 1.29 is 23.1 Å². The molecule has 1 saturated heterocycles. The van der Waals surface area contributed by atoms with Crippen molar-refractivity contribution in [3.8, 4) is 11.1 Å². The quantitative estimate of drug-likeness (QED) is 0.341. The second kappa shape index (κ2) is 12.4. The molecule has 0 saturated carbocycles. The molecule has 1 fully saturated rings. The largest absolute Gasteiger partial charge is 0.465 e. The number of esters is 1. The highest BCUT2D eigenvalue weighted by atomic mass is 19.1. The number of amides is 1. The Morgan fingerprint density at radius 3 is 2.50 bits per heavy atom. The minimum Gasteiger partial charge on any atom is -0.465 e. The first-order valence-corrected chi connectivity index (χ1v) is 12.4. The summed E-state index contributed by atoms with van der Waals surface area (Å²) in [5, 5.41) is 3.06. The molecule has 0 atom stereocenters. The number of aromatic nitrogens is 1. The maximum absolute atomic E-state index is 14.9. The summed E-state index contributed by atoms with van der Waals surface area (Å²) in [7, 11) is 1.16. The fourth-order valence-electron chi connectivity index (χ4n) is 4.31. The molecule has 1 aromatic heterocycles. The summed E-state index contributed by atoms with van der Waals surface area (Å²) in [6.07, 6.45) is 5.66. The molecule has 3 aromatic rings. The van der Waals surface area contributed by atoms with Gasteiger partial charge in [-0.2, -0.15) is 0 Å². The second-order valence-electron chi connectivity index (χ2n) is 8.91. The number of pyridine rings is 1. The lowest BCUT2D eigenvalue weighted by molar-refractivity contribution is 0.0595. The SMILES string of the molecule is C/C=C/CN1CCN(C(=O)c2ccc(NCc3ccc(-c4cccc(F)c4C(=O)OC)cc3F)nc2)CC1. The second-order valence-corrected chi connectivity index (χ2v) is 8.91. The Morgan fingerprint density at radius 1 is 1.05 bits per heavy atom. The van der Waals surface area contributed by atoms with E-state index in [-0.39, 0.29) is 23.6 Å². The summed E-state index contributed by atoms with van der Waals surface area (Å²) in [5.74, 6) is -1.64. The molecule has 0 bridgehead atoms. The van der Waals surface area contributed by atoms with Gasteiger partial charge in [0.25, 0.3) is 5.91 Å². The van der Waals surface area contributed by atoms with Crippen LogP contribution in [0.15, 0.2) is 66.9 Å². The van der Waals surface area contributed by atoms with Crippen molar-refractivity contribution in [2.45, 2.75) is 13.5 Å². The van der Waals surface area contributed by atoms with Gasteiger partial charge in [-0.25, -0.2) is 18.6 Å². The van der Waals surface area contributed by atoms with Gasteiger partial charge in [0.15, 0.2) is 0 Å². The number of halogens is 2. The number of nitrogens with zero attached hydrogens (tertiary/aromatic N) is 3. The van der Waals surface area contributed by atoms with Crippen molar-refractivity contribution in [3.63, 3.8) is 0 Å². The number of nitrogens with one attached hydrogen (secondary N) is 1. The van der Waals surface area contributed by atoms with Crippen LogP contribution in [0.25, 0.3) is 11.1 Å². The lowest BCUT2D eigenvalue weighted by Gasteiger charge is -2.34. The van der Waals surface area contributed by atoms with Crippen LogP contribution in [0.3, 0.4) is 0 Å². The van der Waals surface area contributed by atoms with Crippen LogP contribution in [-0.2, 0) is 11.3 Å². The number of rotatable bonds is 8. The molecule has 0 radical (unpaired) electrons. The molecule has 1 aliphatic heterocycles. The fourth-order valence-corrected chi connectivity index (χ4v) is 4.31. The van der Waals surface area contributed by atoms with Gasteiger partial charge < -0.3 is 15.0 Å². The van der Waals surface area contributed by atoms with Crippen molar-refractivity contribution >= 4 is 17.7 Å². The molecule has 1 N–H and O–H groups in total. The van der Waals surface area contributed by atoms with E-state index >= 15 is 0 Å². The Labute approximate surface area is 220 Å². The topological polar surface area (TPSA) is 74.8 Å². The summed E-state index contributed by atoms with van der Waals surface area (Å²) >= 11 is 0. The van der Waals surface area contributed by atoms with Gasteiger partial charge in [0.1, 0.15) is 23.0 Å². The first-order chi connectivity index (χ1) is 18.4. The van der Waals surface area contributed by atoms with Gasteiger partial charge in [-0.3, -0.25) is 9.69 Å². The van der Waals surface area contributed by atoms with E-state index in [1.165, 1.54) is 18.3 Å². The zero-order valence-corrected chi connectivity index (χ0v) is 21.4. The monoisotopic (exact) mass is 520 g/mol. The van der Waals surface area contributed by atoms with Crippen LogP contribution >= 0.6 is 0 Å². The van der Waals surface area contributed by atoms with Gasteiger partial charge in [0, 0.05) is 51.0 Å². The predicted molar refractivity (Wildman–Crippen MR) is 142 cm³/mol. The zero-order valence-electron chi connectivity index (χ0n) is 21.4. The zero-order chi connectivity index (χ0) is 27.1. The van der Waals surface area contributed by atoms with E-state index in [1.807, 2.05) is 17.9 Å². The van der Waals surface area contributed by atoms with Crippen molar-refractivity contribution in [1.82, 2.24) is 14.8 Å². The van der Waals surface area contributed by atoms with E-state index in [2.05, 4.69) is 26.0 Å². The van der Waals surface area contributed by atoms with E-state index in [4.69, 9.17) is 0 Å². The van der Waals surface area contributed by atoms with Crippen LogP contribution in [0.2, 0.25) is 0 Å². The molecule has 0 aliphatic carbocycles. The number of piperazine rings is 1. The Balaban J connectivity index is 1.37. The molecule has 38 heavy (non-hydrogen) atoms. The number of anilines is 1. The Hall–Kier alpha value is -4.11. The Morgan fingerprint density at radius 2 is 1.84 bits per heavy atom. The molecule has 1 aliphatic rings. The molecule has 4 rings (SSSR count). The fraction of sp³-hybridized carbons (Fsp3) is 0.276. The smallest absolute Gasteiger partial charge is 0.341 e. The van der Waals surface area contributed by atoms with Gasteiger partial charge in [-0.05, 0) is 42.3 Å². The van der Waals surface area contributed by atoms with Gasteiger partial charge >= 0.3 is 5.97 Å². The maximum atomic E-state index is 14.9. The number of ether oxygens (including phenoxy) is 1. The first kappa shape index (κ1) is 26.9. The standard InChI is InChI=1S/C29H30F2N4O3/c1-3-4-12-34-13-15-35(16-14-34)28(36)22-10-11-26(33-19-22)32-18-21-9-8-20(17-25(21)31)23-6-5-7-24(30)27(23)29(37)38-2/h3-11,17,19H,12-16,18H2,1-2H3,(H,32,33)/b4-3+. The number of benzene rings is 2. The minimum atomic E-state index is -0.830. The molecule has 9 heteroatoms. The average Bonchev–Trinajstić information content (AvgIpc) is 2.95. The molecular formula is C29H30F2N4O3. The summed E-state index contributed by atoms with van der Waals surface area (Å²) in [4.78, 5) is 33.3. The minimum absolute atomic E-state index is 0.0555.